The van der Waals surface area contributed by atoms with Crippen molar-refractivity contribution in [2.75, 3.05) is 5.75 Å². The first-order valence-electron chi connectivity index (χ1n) is 3.10. The molecule has 0 saturated heterocycles. The topological polar surface area (TPSA) is 68.3 Å². The molecule has 0 aromatic rings. The van der Waals surface area contributed by atoms with E-state index in [4.69, 9.17) is 0 Å². The summed E-state index contributed by atoms with van der Waals surface area (Å²) in [6.45, 7) is 3.29. The second-order valence-corrected chi connectivity index (χ2v) is 4.66. The van der Waals surface area contributed by atoms with Crippen molar-refractivity contribution >= 4 is 21.4 Å². The van der Waals surface area contributed by atoms with Gasteiger partial charge in [-0.2, -0.15) is 0 Å². The molecular weight excluding hydrogens is 200 g/mol. The van der Waals surface area contributed by atoms with Crippen molar-refractivity contribution in [3.8, 4) is 12.3 Å². The third-order valence-electron chi connectivity index (χ3n) is 0.642. The van der Waals surface area contributed by atoms with E-state index >= 15 is 0 Å². The molecule has 0 bridgehead atoms. The molecule has 0 atom stereocenters. The van der Waals surface area contributed by atoms with Crippen LogP contribution < -0.4 is 0 Å². The first kappa shape index (κ1) is 14.0. The highest BCUT2D eigenvalue weighted by atomic mass is 32.2. The highest BCUT2D eigenvalue weighted by Gasteiger charge is 1.88. The minimum absolute atomic E-state index is 0.144. The van der Waals surface area contributed by atoms with Crippen LogP contribution in [-0.4, -0.2) is 27.8 Å². The van der Waals surface area contributed by atoms with E-state index in [-0.39, 0.29) is 11.0 Å². The highest BCUT2D eigenvalue weighted by molar-refractivity contribution is 7.73. The van der Waals surface area contributed by atoms with E-state index in [1.807, 2.05) is 5.92 Å². The summed E-state index contributed by atoms with van der Waals surface area (Å²) < 4.78 is 38.5. The van der Waals surface area contributed by atoms with Gasteiger partial charge in [-0.15, -0.1) is 6.42 Å². The molecule has 4 nitrogen and oxygen atoms in total. The van der Waals surface area contributed by atoms with Gasteiger partial charge >= 0.3 is 0 Å². The summed E-state index contributed by atoms with van der Waals surface area (Å²) in [7, 11) is -4.50. The monoisotopic (exact) mass is 212 g/mol. The predicted molar refractivity (Wildman–Crippen MR) is 49.5 cm³/mol. The summed E-state index contributed by atoms with van der Waals surface area (Å²) in [6.07, 6.45) is 4.60. The average Bonchev–Trinajstić information content (AvgIpc) is 1.87. The van der Waals surface area contributed by atoms with Crippen LogP contribution in [0.4, 0.5) is 0 Å². The SMILES string of the molecule is C#CC[SH](=O)=O.CC(C)[SH](=O)=O. The van der Waals surface area contributed by atoms with E-state index in [1.54, 1.807) is 13.8 Å². The van der Waals surface area contributed by atoms with E-state index in [0.29, 0.717) is 0 Å². The van der Waals surface area contributed by atoms with E-state index < -0.39 is 21.4 Å². The minimum atomic E-state index is -2.34. The van der Waals surface area contributed by atoms with E-state index in [9.17, 15) is 16.8 Å². The molecule has 0 radical (unpaired) electrons. The fourth-order valence-electron chi connectivity index (χ4n) is 0.0745. The molecule has 0 fully saturated rings. The molecule has 6 heteroatoms. The molecule has 72 valence electrons. The van der Waals surface area contributed by atoms with Crippen LogP contribution in [0.15, 0.2) is 0 Å². The fourth-order valence-corrected chi connectivity index (χ4v) is 0.224. The van der Waals surface area contributed by atoms with Crippen molar-refractivity contribution in [1.29, 1.82) is 0 Å². The quantitative estimate of drug-likeness (QED) is 0.466. The van der Waals surface area contributed by atoms with Crippen LogP contribution in [0.3, 0.4) is 0 Å². The molecule has 0 aliphatic rings. The largest absolute Gasteiger partial charge is 0.232 e. The maximum atomic E-state index is 9.74. The molecule has 0 aromatic heterocycles. The molecule has 0 spiro atoms. The zero-order valence-corrected chi connectivity index (χ0v) is 8.68. The molecule has 0 N–H and O–H groups in total. The third-order valence-corrected chi connectivity index (χ3v) is 1.93. The van der Waals surface area contributed by atoms with Gasteiger partial charge < -0.3 is 0 Å². The van der Waals surface area contributed by atoms with Crippen molar-refractivity contribution in [2.24, 2.45) is 0 Å². The Kier molecular flexibility index (Phi) is 9.99. The normalized spacial score (nSPS) is 9.33. The number of terminal acetylenes is 1. The van der Waals surface area contributed by atoms with Crippen LogP contribution in [0.2, 0.25) is 0 Å². The summed E-state index contributed by atoms with van der Waals surface area (Å²) in [5.41, 5.74) is 0. The van der Waals surface area contributed by atoms with Crippen LogP contribution in [-0.2, 0) is 21.4 Å². The molecule has 12 heavy (non-hydrogen) atoms. The number of hydrogen-bond donors (Lipinski definition) is 2. The van der Waals surface area contributed by atoms with Crippen LogP contribution in [0.1, 0.15) is 13.8 Å². The molecule has 0 saturated carbocycles. The van der Waals surface area contributed by atoms with Gasteiger partial charge in [0.05, 0.1) is 5.25 Å². The highest BCUT2D eigenvalue weighted by Crippen LogP contribution is 1.78. The predicted octanol–water partition coefficient (Wildman–Crippen LogP) is -0.763. The van der Waals surface area contributed by atoms with Gasteiger partial charge in [-0.25, -0.2) is 16.8 Å². The van der Waals surface area contributed by atoms with Crippen molar-refractivity contribution in [3.63, 3.8) is 0 Å². The Hall–Kier alpha value is -0.540. The van der Waals surface area contributed by atoms with Gasteiger partial charge in [0.25, 0.3) is 0 Å². The van der Waals surface area contributed by atoms with Gasteiger partial charge in [0, 0.05) is 0 Å². The van der Waals surface area contributed by atoms with Gasteiger partial charge in [-0.05, 0) is 13.8 Å². The number of rotatable bonds is 2. The summed E-state index contributed by atoms with van der Waals surface area (Å²) >= 11 is 0. The average molecular weight is 212 g/mol. The van der Waals surface area contributed by atoms with Crippen molar-refractivity contribution in [2.45, 2.75) is 19.1 Å². The zero-order valence-electron chi connectivity index (χ0n) is 6.89. The van der Waals surface area contributed by atoms with Gasteiger partial charge in [-0.1, -0.05) is 5.92 Å². The van der Waals surface area contributed by atoms with Gasteiger partial charge in [0.15, 0.2) is 10.7 Å². The molecule has 0 aromatic carbocycles. The Morgan fingerprint density at radius 2 is 1.58 bits per heavy atom. The molecule has 0 unspecified atom stereocenters. The lowest BCUT2D eigenvalue weighted by Crippen LogP contribution is -1.93. The molecule has 0 rings (SSSR count). The van der Waals surface area contributed by atoms with Gasteiger partial charge in [0.1, 0.15) is 16.5 Å². The number of thiol groups is 2. The molecule has 0 aliphatic carbocycles. The van der Waals surface area contributed by atoms with E-state index in [1.165, 1.54) is 0 Å². The van der Waals surface area contributed by atoms with Crippen molar-refractivity contribution in [1.82, 2.24) is 0 Å². The second kappa shape index (κ2) is 8.56. The fraction of sp³-hybridized carbons (Fsp3) is 0.667. The molecule has 0 heterocycles. The van der Waals surface area contributed by atoms with Crippen molar-refractivity contribution < 1.29 is 16.8 Å². The maximum absolute atomic E-state index is 9.74. The Balaban J connectivity index is 0. The standard InChI is InChI=1S/C3H8O2S.C3H4O2S/c1-3(2)6(4)5;1-2-3-6(4)5/h3,6H,1-2H3;1,6H,3H2. The Bertz CT molecular complexity index is 264. The molecule has 0 aliphatic heterocycles. The number of hydrogen-bond acceptors (Lipinski definition) is 4. The third kappa shape index (κ3) is 16.2. The van der Waals surface area contributed by atoms with E-state index in [2.05, 4.69) is 6.42 Å². The van der Waals surface area contributed by atoms with Gasteiger partial charge in [-0.3, -0.25) is 0 Å². The lowest BCUT2D eigenvalue weighted by atomic mass is 10.6. The smallest absolute Gasteiger partial charge is 0.151 e. The lowest BCUT2D eigenvalue weighted by Gasteiger charge is -1.82. The Morgan fingerprint density at radius 3 is 1.58 bits per heavy atom. The van der Waals surface area contributed by atoms with Crippen LogP contribution in [0, 0.1) is 12.3 Å². The van der Waals surface area contributed by atoms with E-state index in [0.717, 1.165) is 0 Å². The first-order valence-corrected chi connectivity index (χ1v) is 5.71. The zero-order chi connectivity index (χ0) is 10.1. The Labute approximate surface area is 75.9 Å². The summed E-state index contributed by atoms with van der Waals surface area (Å²) in [4.78, 5) is 0. The summed E-state index contributed by atoms with van der Waals surface area (Å²) in [5, 5.41) is -0.194. The summed E-state index contributed by atoms with van der Waals surface area (Å²) in [6, 6.07) is 0. The lowest BCUT2D eigenvalue weighted by molar-refractivity contribution is 0.607. The maximum Gasteiger partial charge on any atom is 0.151 e. The second-order valence-electron chi connectivity index (χ2n) is 2.07. The van der Waals surface area contributed by atoms with Crippen LogP contribution >= 0.6 is 0 Å². The van der Waals surface area contributed by atoms with Crippen LogP contribution in [0.5, 0.6) is 0 Å². The minimum Gasteiger partial charge on any atom is -0.232 e. The van der Waals surface area contributed by atoms with Crippen molar-refractivity contribution in [3.05, 3.63) is 0 Å². The first-order chi connectivity index (χ1) is 5.41. The Morgan fingerprint density at radius 1 is 1.25 bits per heavy atom. The molecular formula is C6H12O4S2. The van der Waals surface area contributed by atoms with Crippen LogP contribution in [0.25, 0.3) is 0 Å². The van der Waals surface area contributed by atoms with Gasteiger partial charge in [0.2, 0.25) is 0 Å². The molecule has 0 amide bonds. The summed E-state index contributed by atoms with van der Waals surface area (Å²) in [5.74, 6) is 1.83.